The molecule has 5 nitrogen and oxygen atoms in total. The number of nitrogens with zero attached hydrogens (tertiary/aromatic N) is 1. The van der Waals surface area contributed by atoms with E-state index in [9.17, 15) is 22.8 Å². The van der Waals surface area contributed by atoms with Crippen molar-refractivity contribution in [3.05, 3.63) is 23.4 Å². The Kier molecular flexibility index (Phi) is 4.79. The molecule has 0 amide bonds. The van der Waals surface area contributed by atoms with Gasteiger partial charge in [0.1, 0.15) is 5.70 Å². The predicted molar refractivity (Wildman–Crippen MR) is 86.0 cm³/mol. The number of carboxylic acid groups (broad SMARTS) is 1. The molecule has 2 fully saturated rings. The van der Waals surface area contributed by atoms with E-state index in [1.807, 2.05) is 0 Å². The fourth-order valence-electron chi connectivity index (χ4n) is 4.49. The molecule has 3 atom stereocenters. The van der Waals surface area contributed by atoms with Crippen LogP contribution in [0.5, 0.6) is 0 Å². The predicted octanol–water partition coefficient (Wildman–Crippen LogP) is 3.27. The summed E-state index contributed by atoms with van der Waals surface area (Å²) in [6.07, 6.45) is 0.633. The highest BCUT2D eigenvalue weighted by Crippen LogP contribution is 2.64. The molecule has 144 valence electrons. The summed E-state index contributed by atoms with van der Waals surface area (Å²) in [4.78, 5) is 24.2. The van der Waals surface area contributed by atoms with Gasteiger partial charge in [0.2, 0.25) is 0 Å². The molecule has 0 bridgehead atoms. The molecule has 26 heavy (non-hydrogen) atoms. The minimum absolute atomic E-state index is 0.0495. The van der Waals surface area contributed by atoms with Crippen molar-refractivity contribution in [3.63, 3.8) is 0 Å². The van der Waals surface area contributed by atoms with Gasteiger partial charge >= 0.3 is 18.1 Å². The number of alkyl halides is 3. The van der Waals surface area contributed by atoms with Crippen LogP contribution in [0.2, 0.25) is 0 Å². The molecule has 1 heterocycles. The van der Waals surface area contributed by atoms with Crippen LogP contribution in [-0.2, 0) is 14.3 Å². The summed E-state index contributed by atoms with van der Waals surface area (Å²) >= 11 is 0. The Balaban J connectivity index is 1.74. The maximum absolute atomic E-state index is 13.5. The highest BCUT2D eigenvalue weighted by molar-refractivity contribution is 5.91. The highest BCUT2D eigenvalue weighted by Gasteiger charge is 2.59. The number of esters is 1. The molecule has 3 aliphatic rings. The second-order valence-electron chi connectivity index (χ2n) is 7.29. The van der Waals surface area contributed by atoms with Crippen LogP contribution in [0.15, 0.2) is 23.4 Å². The first-order valence-electron chi connectivity index (χ1n) is 8.81. The van der Waals surface area contributed by atoms with Gasteiger partial charge in [-0.25, -0.2) is 4.79 Å². The van der Waals surface area contributed by atoms with Crippen LogP contribution in [0, 0.1) is 11.3 Å². The molecular weight excluding hydrogens is 351 g/mol. The number of rotatable bonds is 5. The van der Waals surface area contributed by atoms with Gasteiger partial charge in [-0.1, -0.05) is 6.08 Å². The second-order valence-corrected chi connectivity index (χ2v) is 7.29. The van der Waals surface area contributed by atoms with Crippen LogP contribution in [-0.4, -0.2) is 47.3 Å². The lowest BCUT2D eigenvalue weighted by molar-refractivity contribution is -0.145. The van der Waals surface area contributed by atoms with Gasteiger partial charge in [-0.3, -0.25) is 4.79 Å². The highest BCUT2D eigenvalue weighted by atomic mass is 19.4. The van der Waals surface area contributed by atoms with Crippen LogP contribution < -0.4 is 0 Å². The smallest absolute Gasteiger partial charge is 0.431 e. The van der Waals surface area contributed by atoms with Gasteiger partial charge in [-0.2, -0.15) is 13.2 Å². The van der Waals surface area contributed by atoms with Crippen molar-refractivity contribution in [3.8, 4) is 0 Å². The first-order valence-corrected chi connectivity index (χ1v) is 8.81. The van der Waals surface area contributed by atoms with Gasteiger partial charge in [0.15, 0.2) is 0 Å². The third-order valence-electron chi connectivity index (χ3n) is 5.76. The fourth-order valence-corrected chi connectivity index (χ4v) is 4.49. The fraction of sp³-hybridized carbons (Fsp3) is 0.667. The number of halogens is 3. The molecule has 0 saturated heterocycles. The molecular formula is C18H22F3NO4. The summed E-state index contributed by atoms with van der Waals surface area (Å²) < 4.78 is 45.6. The number of carboxylic acids is 1. The SMILES string of the molecule is CCOC(=O)CC12CCC(N3CC=CC(C(=O)O)=C3C(F)(F)F)CC1C2. The monoisotopic (exact) mass is 373 g/mol. The van der Waals surface area contributed by atoms with Crippen LogP contribution in [0.4, 0.5) is 13.2 Å². The van der Waals surface area contributed by atoms with Crippen LogP contribution in [0.25, 0.3) is 0 Å². The van der Waals surface area contributed by atoms with Gasteiger partial charge < -0.3 is 14.7 Å². The summed E-state index contributed by atoms with van der Waals surface area (Å²) in [5, 5.41) is 9.15. The van der Waals surface area contributed by atoms with Crippen LogP contribution in [0.3, 0.4) is 0 Å². The Hall–Kier alpha value is -1.99. The lowest BCUT2D eigenvalue weighted by Crippen LogP contribution is -2.44. The lowest BCUT2D eigenvalue weighted by Gasteiger charge is -2.40. The van der Waals surface area contributed by atoms with Crippen LogP contribution in [0.1, 0.15) is 39.0 Å². The van der Waals surface area contributed by atoms with Crippen molar-refractivity contribution >= 4 is 11.9 Å². The number of hydrogen-bond donors (Lipinski definition) is 1. The molecule has 2 saturated carbocycles. The quantitative estimate of drug-likeness (QED) is 0.750. The molecule has 0 aromatic carbocycles. The minimum atomic E-state index is -4.72. The summed E-state index contributed by atoms with van der Waals surface area (Å²) in [5.41, 5.74) is -1.90. The molecule has 0 aromatic heterocycles. The summed E-state index contributed by atoms with van der Waals surface area (Å²) in [7, 11) is 0. The zero-order chi connectivity index (χ0) is 19.1. The molecule has 1 aliphatic heterocycles. The first kappa shape index (κ1) is 18.8. The van der Waals surface area contributed by atoms with E-state index in [2.05, 4.69) is 0 Å². The van der Waals surface area contributed by atoms with Gasteiger partial charge in [-0.05, 0) is 50.0 Å². The number of carbonyl (C=O) groups is 2. The number of fused-ring (bicyclic) bond motifs is 1. The lowest BCUT2D eigenvalue weighted by atomic mass is 9.82. The summed E-state index contributed by atoms with van der Waals surface area (Å²) in [6, 6.07) is -0.367. The largest absolute Gasteiger partial charge is 0.478 e. The minimum Gasteiger partial charge on any atom is -0.478 e. The Morgan fingerprint density at radius 2 is 2.15 bits per heavy atom. The number of hydrogen-bond acceptors (Lipinski definition) is 4. The Labute approximate surface area is 149 Å². The van der Waals surface area contributed by atoms with E-state index in [1.165, 1.54) is 11.0 Å². The van der Waals surface area contributed by atoms with E-state index < -0.39 is 23.4 Å². The number of aliphatic carboxylic acids is 1. The third-order valence-corrected chi connectivity index (χ3v) is 5.76. The topological polar surface area (TPSA) is 66.8 Å². The first-order chi connectivity index (χ1) is 12.2. The van der Waals surface area contributed by atoms with E-state index >= 15 is 0 Å². The molecule has 1 N–H and O–H groups in total. The number of allylic oxidation sites excluding steroid dienone is 1. The van der Waals surface area contributed by atoms with E-state index in [1.54, 1.807) is 6.92 Å². The number of ether oxygens (including phenoxy) is 1. The van der Waals surface area contributed by atoms with Gasteiger partial charge in [0.25, 0.3) is 0 Å². The van der Waals surface area contributed by atoms with Gasteiger partial charge in [-0.15, -0.1) is 0 Å². The zero-order valence-corrected chi connectivity index (χ0v) is 14.5. The van der Waals surface area contributed by atoms with E-state index in [0.717, 1.165) is 12.5 Å². The number of carbonyl (C=O) groups excluding carboxylic acids is 1. The van der Waals surface area contributed by atoms with E-state index in [-0.39, 0.29) is 29.9 Å². The Bertz CT molecular complexity index is 670. The molecule has 3 rings (SSSR count). The molecule has 0 spiro atoms. The average Bonchev–Trinajstić information content (AvgIpc) is 3.26. The maximum Gasteiger partial charge on any atom is 0.431 e. The van der Waals surface area contributed by atoms with Crippen molar-refractivity contribution < 1.29 is 32.6 Å². The van der Waals surface area contributed by atoms with E-state index in [0.29, 0.717) is 32.3 Å². The summed E-state index contributed by atoms with van der Waals surface area (Å²) in [5.74, 6) is -1.63. The van der Waals surface area contributed by atoms with Crippen molar-refractivity contribution in [1.82, 2.24) is 4.90 Å². The molecule has 0 aromatic rings. The molecule has 2 aliphatic carbocycles. The molecule has 8 heteroatoms. The van der Waals surface area contributed by atoms with Crippen molar-refractivity contribution in [1.29, 1.82) is 0 Å². The van der Waals surface area contributed by atoms with Gasteiger partial charge in [0, 0.05) is 12.6 Å². The second kappa shape index (κ2) is 6.63. The van der Waals surface area contributed by atoms with Crippen molar-refractivity contribution in [2.75, 3.05) is 13.2 Å². The van der Waals surface area contributed by atoms with Crippen molar-refractivity contribution in [2.45, 2.75) is 51.2 Å². The normalized spacial score (nSPS) is 30.8. The maximum atomic E-state index is 13.5. The third kappa shape index (κ3) is 3.46. The molecule has 0 radical (unpaired) electrons. The Morgan fingerprint density at radius 1 is 1.42 bits per heavy atom. The van der Waals surface area contributed by atoms with Gasteiger partial charge in [0.05, 0.1) is 18.6 Å². The average molecular weight is 373 g/mol. The van der Waals surface area contributed by atoms with Crippen molar-refractivity contribution in [2.24, 2.45) is 11.3 Å². The Morgan fingerprint density at radius 3 is 2.73 bits per heavy atom. The molecule has 3 unspecified atom stereocenters. The summed E-state index contributed by atoms with van der Waals surface area (Å²) in [6.45, 7) is 2.11. The zero-order valence-electron chi connectivity index (χ0n) is 14.5. The standard InChI is InChI=1S/C18H22F3NO4/c1-2-26-14(23)10-17-6-5-12(8-11(17)9-17)22-7-3-4-13(16(24)25)15(22)18(19,20)21/h3-4,11-12H,2,5-10H2,1H3,(H,24,25). The van der Waals surface area contributed by atoms with E-state index in [4.69, 9.17) is 9.84 Å². The van der Waals surface area contributed by atoms with Crippen LogP contribution >= 0.6 is 0 Å².